The van der Waals surface area contributed by atoms with Gasteiger partial charge in [-0.2, -0.15) is 0 Å². The Morgan fingerprint density at radius 1 is 0.967 bits per heavy atom. The van der Waals surface area contributed by atoms with Gasteiger partial charge >= 0.3 is 0 Å². The van der Waals surface area contributed by atoms with Crippen molar-refractivity contribution in [2.24, 2.45) is 0 Å². The van der Waals surface area contributed by atoms with E-state index in [0.717, 1.165) is 16.7 Å². The third-order valence-corrected chi connectivity index (χ3v) is 5.80. The molecule has 0 aromatic heterocycles. The number of aliphatic hydroxyl groups is 1. The highest BCUT2D eigenvalue weighted by Gasteiger charge is 2.50. The highest BCUT2D eigenvalue weighted by Crippen LogP contribution is 2.43. The van der Waals surface area contributed by atoms with Crippen molar-refractivity contribution < 1.29 is 14.7 Å². The maximum Gasteiger partial charge on any atom is 0.264 e. The molecule has 1 N–H and O–H groups in total. The van der Waals surface area contributed by atoms with E-state index in [2.05, 4.69) is 0 Å². The molecule has 0 bridgehead atoms. The number of carbonyl (C=O) groups is 2. The molecule has 1 atom stereocenters. The van der Waals surface area contributed by atoms with Gasteiger partial charge in [0.2, 0.25) is 0 Å². The number of carbonyl (C=O) groups excluding carboxylic acids is 2. The van der Waals surface area contributed by atoms with E-state index in [1.165, 1.54) is 0 Å². The highest BCUT2D eigenvalue weighted by molar-refractivity contribution is 6.11. The third kappa shape index (κ3) is 3.55. The molecule has 4 nitrogen and oxygen atoms in total. The largest absolute Gasteiger partial charge is 0.375 e. The van der Waals surface area contributed by atoms with E-state index >= 15 is 0 Å². The Morgan fingerprint density at radius 2 is 1.67 bits per heavy atom. The lowest BCUT2D eigenvalue weighted by Crippen LogP contribution is -2.42. The molecule has 4 heteroatoms. The molecule has 0 unspecified atom stereocenters. The first-order valence-electron chi connectivity index (χ1n) is 10.2. The minimum Gasteiger partial charge on any atom is -0.375 e. The zero-order valence-electron chi connectivity index (χ0n) is 17.3. The standard InChI is InChI=1S/C26H25NO3/c1-18-12-13-21(19(2)16-18)24(28)17-26(30)22-10-6-7-11-23(22)27(25(26)29)15-14-20-8-4-3-5-9-20/h3-13,16,30H,14-15,17H2,1-2H3/t26-/m0/s1. The monoisotopic (exact) mass is 399 g/mol. The van der Waals surface area contributed by atoms with Crippen molar-refractivity contribution >= 4 is 17.4 Å². The van der Waals surface area contributed by atoms with Crippen molar-refractivity contribution in [2.45, 2.75) is 32.3 Å². The molecule has 152 valence electrons. The number of rotatable bonds is 6. The number of Topliss-reactive ketones (excluding diaryl/α,β-unsaturated/α-hetero) is 1. The molecule has 1 amide bonds. The van der Waals surface area contributed by atoms with Crippen molar-refractivity contribution in [2.75, 3.05) is 11.4 Å². The van der Waals surface area contributed by atoms with Crippen LogP contribution >= 0.6 is 0 Å². The van der Waals surface area contributed by atoms with Gasteiger partial charge in [0.1, 0.15) is 0 Å². The molecule has 0 spiro atoms. The van der Waals surface area contributed by atoms with Crippen LogP contribution in [0.15, 0.2) is 72.8 Å². The predicted molar refractivity (Wildman–Crippen MR) is 118 cm³/mol. The summed E-state index contributed by atoms with van der Waals surface area (Å²) in [5, 5.41) is 11.4. The van der Waals surface area contributed by atoms with Gasteiger partial charge in [-0.25, -0.2) is 0 Å². The summed E-state index contributed by atoms with van der Waals surface area (Å²) in [7, 11) is 0. The van der Waals surface area contributed by atoms with Crippen LogP contribution in [0.3, 0.4) is 0 Å². The maximum absolute atomic E-state index is 13.3. The van der Waals surface area contributed by atoms with Gasteiger partial charge in [0.15, 0.2) is 11.4 Å². The SMILES string of the molecule is Cc1ccc(C(=O)C[C@@]2(O)C(=O)N(CCc3ccccc3)c3ccccc32)c(C)c1. The molecule has 1 heterocycles. The van der Waals surface area contributed by atoms with Gasteiger partial charge in [-0.1, -0.05) is 72.3 Å². The number of nitrogens with zero attached hydrogens (tertiary/aromatic N) is 1. The number of ketones is 1. The second kappa shape index (κ2) is 7.88. The maximum atomic E-state index is 13.3. The summed E-state index contributed by atoms with van der Waals surface area (Å²) < 4.78 is 0. The second-order valence-electron chi connectivity index (χ2n) is 7.99. The molecule has 30 heavy (non-hydrogen) atoms. The number of fused-ring (bicyclic) bond motifs is 1. The van der Waals surface area contributed by atoms with Crippen LogP contribution in [0.4, 0.5) is 5.69 Å². The fourth-order valence-electron chi connectivity index (χ4n) is 4.24. The summed E-state index contributed by atoms with van der Waals surface area (Å²) in [6, 6.07) is 22.7. The summed E-state index contributed by atoms with van der Waals surface area (Å²) in [4.78, 5) is 28.0. The number of amides is 1. The Morgan fingerprint density at radius 3 is 2.40 bits per heavy atom. The molecule has 3 aromatic carbocycles. The van der Waals surface area contributed by atoms with Gasteiger partial charge in [-0.3, -0.25) is 9.59 Å². The minimum atomic E-state index is -1.85. The summed E-state index contributed by atoms with van der Waals surface area (Å²) in [6.45, 7) is 4.29. The van der Waals surface area contributed by atoms with E-state index in [-0.39, 0.29) is 12.2 Å². The van der Waals surface area contributed by atoms with Crippen LogP contribution in [0, 0.1) is 13.8 Å². The van der Waals surface area contributed by atoms with Crippen molar-refractivity contribution in [1.82, 2.24) is 0 Å². The van der Waals surface area contributed by atoms with E-state index in [9.17, 15) is 14.7 Å². The number of aryl methyl sites for hydroxylation is 2. The molecular formula is C26H25NO3. The van der Waals surface area contributed by atoms with Gasteiger partial charge in [-0.15, -0.1) is 0 Å². The quantitative estimate of drug-likeness (QED) is 0.627. The van der Waals surface area contributed by atoms with E-state index < -0.39 is 11.5 Å². The number of hydrogen-bond donors (Lipinski definition) is 1. The summed E-state index contributed by atoms with van der Waals surface area (Å²) in [5.41, 5.74) is 2.91. The van der Waals surface area contributed by atoms with Crippen molar-refractivity contribution in [1.29, 1.82) is 0 Å². The highest BCUT2D eigenvalue weighted by atomic mass is 16.3. The van der Waals surface area contributed by atoms with Crippen LogP contribution in [0.2, 0.25) is 0 Å². The number of hydrogen-bond acceptors (Lipinski definition) is 3. The zero-order valence-corrected chi connectivity index (χ0v) is 17.3. The predicted octanol–water partition coefficient (Wildman–Crippen LogP) is 4.35. The fourth-order valence-corrected chi connectivity index (χ4v) is 4.24. The van der Waals surface area contributed by atoms with E-state index in [4.69, 9.17) is 0 Å². The van der Waals surface area contributed by atoms with Gasteiger partial charge in [0.25, 0.3) is 5.91 Å². The molecule has 0 radical (unpaired) electrons. The summed E-state index contributed by atoms with van der Waals surface area (Å²) in [5.74, 6) is -0.666. The third-order valence-electron chi connectivity index (χ3n) is 5.80. The first kappa shape index (κ1) is 20.0. The number of anilines is 1. The second-order valence-corrected chi connectivity index (χ2v) is 7.99. The average molecular weight is 399 g/mol. The molecule has 0 saturated carbocycles. The summed E-state index contributed by atoms with van der Waals surface area (Å²) >= 11 is 0. The molecular weight excluding hydrogens is 374 g/mol. The van der Waals surface area contributed by atoms with Crippen LogP contribution in [-0.2, 0) is 16.8 Å². The van der Waals surface area contributed by atoms with Crippen LogP contribution in [-0.4, -0.2) is 23.3 Å². The Labute approximate surface area is 176 Å². The smallest absolute Gasteiger partial charge is 0.264 e. The topological polar surface area (TPSA) is 57.6 Å². The molecule has 0 aliphatic carbocycles. The van der Waals surface area contributed by atoms with Crippen LogP contribution in [0.25, 0.3) is 0 Å². The lowest BCUT2D eigenvalue weighted by Gasteiger charge is -2.23. The van der Waals surface area contributed by atoms with Gasteiger partial charge in [-0.05, 0) is 37.5 Å². The molecule has 1 aliphatic heterocycles. The van der Waals surface area contributed by atoms with E-state index in [0.29, 0.717) is 29.8 Å². The summed E-state index contributed by atoms with van der Waals surface area (Å²) in [6.07, 6.45) is 0.399. The fraction of sp³-hybridized carbons (Fsp3) is 0.231. The van der Waals surface area contributed by atoms with E-state index in [1.807, 2.05) is 68.4 Å². The number of para-hydroxylation sites is 1. The molecule has 0 fully saturated rings. The average Bonchev–Trinajstić information content (AvgIpc) is 2.94. The van der Waals surface area contributed by atoms with Crippen molar-refractivity contribution in [3.05, 3.63) is 101 Å². The van der Waals surface area contributed by atoms with Gasteiger partial charge < -0.3 is 10.0 Å². The zero-order chi connectivity index (χ0) is 21.3. The molecule has 1 aliphatic rings. The first-order valence-corrected chi connectivity index (χ1v) is 10.2. The van der Waals surface area contributed by atoms with Gasteiger partial charge in [0, 0.05) is 17.7 Å². The number of benzene rings is 3. The lowest BCUT2D eigenvalue weighted by atomic mass is 9.87. The first-order chi connectivity index (χ1) is 14.4. The Bertz CT molecular complexity index is 1110. The molecule has 3 aromatic rings. The van der Waals surface area contributed by atoms with Crippen LogP contribution < -0.4 is 4.90 Å². The lowest BCUT2D eigenvalue weighted by molar-refractivity contribution is -0.135. The Balaban J connectivity index is 1.62. The Hall–Kier alpha value is -3.24. The van der Waals surface area contributed by atoms with E-state index in [1.54, 1.807) is 23.1 Å². The normalized spacial score (nSPS) is 17.8. The van der Waals surface area contributed by atoms with Crippen molar-refractivity contribution in [3.63, 3.8) is 0 Å². The molecule has 4 rings (SSSR count). The van der Waals surface area contributed by atoms with Crippen LogP contribution in [0.1, 0.15) is 39.0 Å². The van der Waals surface area contributed by atoms with Crippen LogP contribution in [0.5, 0.6) is 0 Å². The molecule has 0 saturated heterocycles. The van der Waals surface area contributed by atoms with Crippen molar-refractivity contribution in [3.8, 4) is 0 Å². The van der Waals surface area contributed by atoms with Gasteiger partial charge in [0.05, 0.1) is 12.1 Å². The Kier molecular flexibility index (Phi) is 5.27. The minimum absolute atomic E-state index is 0.233.